The molecule has 3 rings (SSSR count). The first-order valence-electron chi connectivity index (χ1n) is 13.0. The van der Waals surface area contributed by atoms with E-state index in [-0.39, 0.29) is 5.92 Å². The van der Waals surface area contributed by atoms with Crippen LogP contribution in [0.1, 0.15) is 71.6 Å². The van der Waals surface area contributed by atoms with Crippen LogP contribution >= 0.6 is 0 Å². The Morgan fingerprint density at radius 1 is 0.500 bits per heavy atom. The highest BCUT2D eigenvalue weighted by atomic mass is 16.9. The maximum Gasteiger partial charge on any atom is 0.420 e. The predicted octanol–water partition coefficient (Wildman–Crippen LogP) is 9.04. The molecule has 0 aromatic heterocycles. The fourth-order valence-electron chi connectivity index (χ4n) is 4.29. The molecule has 0 fully saturated rings. The quantitative estimate of drug-likeness (QED) is 0.158. The van der Waals surface area contributed by atoms with E-state index >= 15 is 0 Å². The molecule has 0 amide bonds. The minimum atomic E-state index is -1.27. The molecule has 0 aliphatic rings. The zero-order valence-corrected chi connectivity index (χ0v) is 20.8. The Hall–Kier alpha value is -2.94. The molecule has 0 bridgehead atoms. The van der Waals surface area contributed by atoms with Crippen molar-refractivity contribution in [1.29, 1.82) is 0 Å². The first kappa shape index (κ1) is 25.7. The van der Waals surface area contributed by atoms with Gasteiger partial charge in [-0.3, -0.25) is 0 Å². The second kappa shape index (κ2) is 14.3. The standard InChI is InChI=1S/C31H40O3/c1-3-5-6-7-8-12-20-27(19-4-2)31(32-28-21-13-9-14-22-28,33-29-23-15-10-16-24-29)34-30-25-17-11-18-26-30/h9-11,13-18,21-27H,3-8,12,19-20H2,1-2H3. The van der Waals surface area contributed by atoms with Crippen LogP contribution in [0.2, 0.25) is 0 Å². The van der Waals surface area contributed by atoms with Crippen LogP contribution in [0.25, 0.3) is 0 Å². The second-order valence-electron chi connectivity index (χ2n) is 8.89. The molecule has 3 aromatic carbocycles. The van der Waals surface area contributed by atoms with Gasteiger partial charge in [-0.2, -0.15) is 0 Å². The van der Waals surface area contributed by atoms with E-state index in [4.69, 9.17) is 14.2 Å². The van der Waals surface area contributed by atoms with Crippen LogP contribution in [0.5, 0.6) is 17.2 Å². The highest BCUT2D eigenvalue weighted by Crippen LogP contribution is 2.37. The van der Waals surface area contributed by atoms with E-state index in [0.29, 0.717) is 0 Å². The Morgan fingerprint density at radius 2 is 0.912 bits per heavy atom. The molecule has 0 saturated heterocycles. The number of ether oxygens (including phenoxy) is 3. The monoisotopic (exact) mass is 460 g/mol. The van der Waals surface area contributed by atoms with Gasteiger partial charge in [0, 0.05) is 0 Å². The molecule has 0 aliphatic heterocycles. The normalized spacial score (nSPS) is 12.2. The van der Waals surface area contributed by atoms with Crippen LogP contribution in [-0.2, 0) is 0 Å². The van der Waals surface area contributed by atoms with Crippen molar-refractivity contribution in [3.05, 3.63) is 91.0 Å². The average molecular weight is 461 g/mol. The molecular formula is C31H40O3. The van der Waals surface area contributed by atoms with Gasteiger partial charge in [0.15, 0.2) is 0 Å². The number of rotatable bonds is 16. The first-order valence-corrected chi connectivity index (χ1v) is 13.0. The summed E-state index contributed by atoms with van der Waals surface area (Å²) < 4.78 is 20.0. The summed E-state index contributed by atoms with van der Waals surface area (Å²) in [7, 11) is 0. The molecule has 3 heteroatoms. The Kier molecular flexibility index (Phi) is 10.8. The van der Waals surface area contributed by atoms with Crippen molar-refractivity contribution in [3.8, 4) is 17.2 Å². The summed E-state index contributed by atoms with van der Waals surface area (Å²) in [6.07, 6.45) is 10.5. The lowest BCUT2D eigenvalue weighted by atomic mass is 9.93. The largest absolute Gasteiger partial charge is 0.420 e. The lowest BCUT2D eigenvalue weighted by Crippen LogP contribution is -2.54. The molecule has 0 spiro atoms. The van der Waals surface area contributed by atoms with Gasteiger partial charge in [-0.25, -0.2) is 0 Å². The maximum absolute atomic E-state index is 6.68. The van der Waals surface area contributed by atoms with E-state index in [1.54, 1.807) is 0 Å². The molecule has 3 nitrogen and oxygen atoms in total. The van der Waals surface area contributed by atoms with E-state index in [1.807, 2.05) is 91.0 Å². The van der Waals surface area contributed by atoms with Gasteiger partial charge in [-0.1, -0.05) is 113 Å². The van der Waals surface area contributed by atoms with Gasteiger partial charge >= 0.3 is 5.97 Å². The van der Waals surface area contributed by atoms with Crippen LogP contribution in [-0.4, -0.2) is 5.97 Å². The molecule has 0 aliphatic carbocycles. The predicted molar refractivity (Wildman–Crippen MR) is 140 cm³/mol. The third kappa shape index (κ3) is 8.13. The lowest BCUT2D eigenvalue weighted by molar-refractivity contribution is -0.288. The highest BCUT2D eigenvalue weighted by Gasteiger charge is 2.47. The van der Waals surface area contributed by atoms with Gasteiger partial charge in [0.2, 0.25) is 0 Å². The van der Waals surface area contributed by atoms with E-state index in [9.17, 15) is 0 Å². The summed E-state index contributed by atoms with van der Waals surface area (Å²) in [6, 6.07) is 29.6. The Bertz CT molecular complexity index is 794. The highest BCUT2D eigenvalue weighted by molar-refractivity contribution is 5.26. The molecule has 34 heavy (non-hydrogen) atoms. The lowest BCUT2D eigenvalue weighted by Gasteiger charge is -2.39. The zero-order chi connectivity index (χ0) is 23.9. The summed E-state index contributed by atoms with van der Waals surface area (Å²) in [5, 5.41) is 0. The van der Waals surface area contributed by atoms with Crippen molar-refractivity contribution in [2.45, 2.75) is 77.6 Å². The molecule has 0 heterocycles. The number of para-hydroxylation sites is 3. The van der Waals surface area contributed by atoms with Crippen molar-refractivity contribution in [1.82, 2.24) is 0 Å². The summed E-state index contributed by atoms with van der Waals surface area (Å²) in [6.45, 7) is 4.47. The van der Waals surface area contributed by atoms with Gasteiger partial charge in [0.05, 0.1) is 5.92 Å². The Balaban J connectivity index is 1.93. The summed E-state index contributed by atoms with van der Waals surface area (Å²) in [5.41, 5.74) is 0. The SMILES string of the molecule is CCCCCCCCC(CCC)C(Oc1ccccc1)(Oc1ccccc1)Oc1ccccc1. The molecule has 0 N–H and O–H groups in total. The molecule has 0 saturated carbocycles. The van der Waals surface area contributed by atoms with Crippen molar-refractivity contribution >= 4 is 0 Å². The third-order valence-electron chi connectivity index (χ3n) is 6.05. The van der Waals surface area contributed by atoms with Crippen molar-refractivity contribution in [2.24, 2.45) is 5.92 Å². The minimum Gasteiger partial charge on any atom is -0.420 e. The number of unbranched alkanes of at least 4 members (excludes halogenated alkanes) is 5. The Labute approximate surface area is 206 Å². The van der Waals surface area contributed by atoms with E-state index in [0.717, 1.165) is 42.9 Å². The molecule has 3 aromatic rings. The molecule has 182 valence electrons. The fraction of sp³-hybridized carbons (Fsp3) is 0.419. The summed E-state index contributed by atoms with van der Waals surface area (Å²) in [5.74, 6) is 0.989. The average Bonchev–Trinajstić information content (AvgIpc) is 2.87. The summed E-state index contributed by atoms with van der Waals surface area (Å²) >= 11 is 0. The fourth-order valence-corrected chi connectivity index (χ4v) is 4.29. The molecule has 1 atom stereocenters. The minimum absolute atomic E-state index is 0.0595. The van der Waals surface area contributed by atoms with Crippen molar-refractivity contribution < 1.29 is 14.2 Å². The van der Waals surface area contributed by atoms with Crippen molar-refractivity contribution in [3.63, 3.8) is 0 Å². The zero-order valence-electron chi connectivity index (χ0n) is 20.8. The van der Waals surface area contributed by atoms with Crippen LogP contribution in [0, 0.1) is 5.92 Å². The second-order valence-corrected chi connectivity index (χ2v) is 8.89. The first-order chi connectivity index (χ1) is 16.8. The topological polar surface area (TPSA) is 27.7 Å². The van der Waals surface area contributed by atoms with Gasteiger partial charge in [0.25, 0.3) is 0 Å². The molecule has 1 unspecified atom stereocenters. The van der Waals surface area contributed by atoms with Gasteiger partial charge < -0.3 is 14.2 Å². The maximum atomic E-state index is 6.68. The number of hydrogen-bond acceptors (Lipinski definition) is 3. The molecular weight excluding hydrogens is 420 g/mol. The van der Waals surface area contributed by atoms with Gasteiger partial charge in [-0.15, -0.1) is 0 Å². The number of hydrogen-bond donors (Lipinski definition) is 0. The summed E-state index contributed by atoms with van der Waals surface area (Å²) in [4.78, 5) is 0. The van der Waals surface area contributed by atoms with E-state index < -0.39 is 5.97 Å². The van der Waals surface area contributed by atoms with Crippen LogP contribution in [0.4, 0.5) is 0 Å². The van der Waals surface area contributed by atoms with Gasteiger partial charge in [0.1, 0.15) is 17.2 Å². The van der Waals surface area contributed by atoms with Crippen LogP contribution in [0.15, 0.2) is 91.0 Å². The Morgan fingerprint density at radius 3 is 1.32 bits per heavy atom. The van der Waals surface area contributed by atoms with Crippen molar-refractivity contribution in [2.75, 3.05) is 0 Å². The van der Waals surface area contributed by atoms with Crippen LogP contribution in [0.3, 0.4) is 0 Å². The van der Waals surface area contributed by atoms with Crippen LogP contribution < -0.4 is 14.2 Å². The third-order valence-corrected chi connectivity index (χ3v) is 6.05. The van der Waals surface area contributed by atoms with E-state index in [2.05, 4.69) is 13.8 Å². The van der Waals surface area contributed by atoms with Gasteiger partial charge in [-0.05, 0) is 49.2 Å². The number of benzene rings is 3. The van der Waals surface area contributed by atoms with E-state index in [1.165, 1.54) is 32.1 Å². The molecule has 0 radical (unpaired) electrons. The smallest absolute Gasteiger partial charge is 0.420 e.